The van der Waals surface area contributed by atoms with Gasteiger partial charge in [-0.2, -0.15) is 0 Å². The van der Waals surface area contributed by atoms with Crippen LogP contribution in [0.3, 0.4) is 0 Å². The predicted molar refractivity (Wildman–Crippen MR) is 107 cm³/mol. The summed E-state index contributed by atoms with van der Waals surface area (Å²) in [6.07, 6.45) is 0. The van der Waals surface area contributed by atoms with E-state index in [1.165, 1.54) is 13.2 Å². The van der Waals surface area contributed by atoms with E-state index in [1.807, 2.05) is 25.1 Å². The summed E-state index contributed by atoms with van der Waals surface area (Å²) >= 11 is 0. The topological polar surface area (TPSA) is 73.9 Å². The largest absolute Gasteiger partial charge is 0.494 e. The van der Waals surface area contributed by atoms with Crippen LogP contribution in [-0.4, -0.2) is 55.0 Å². The zero-order valence-electron chi connectivity index (χ0n) is 16.6. The van der Waals surface area contributed by atoms with Crippen LogP contribution in [0.25, 0.3) is 0 Å². The van der Waals surface area contributed by atoms with Crippen LogP contribution in [0.4, 0.5) is 9.18 Å². The lowest BCUT2D eigenvalue weighted by molar-refractivity contribution is 0.0919. The lowest BCUT2D eigenvalue weighted by atomic mass is 10.1. The van der Waals surface area contributed by atoms with E-state index >= 15 is 0 Å². The molecule has 8 heteroatoms. The van der Waals surface area contributed by atoms with E-state index in [9.17, 15) is 14.0 Å². The van der Waals surface area contributed by atoms with Gasteiger partial charge in [0, 0.05) is 38.3 Å². The van der Waals surface area contributed by atoms with Gasteiger partial charge in [-0.05, 0) is 36.8 Å². The zero-order chi connectivity index (χ0) is 20.8. The van der Waals surface area contributed by atoms with Gasteiger partial charge in [-0.15, -0.1) is 0 Å². The summed E-state index contributed by atoms with van der Waals surface area (Å²) in [5.74, 6) is -0.520. The van der Waals surface area contributed by atoms with E-state index in [1.54, 1.807) is 23.1 Å². The van der Waals surface area contributed by atoms with E-state index in [2.05, 4.69) is 15.8 Å². The van der Waals surface area contributed by atoms with Crippen LogP contribution >= 0.6 is 0 Å². The minimum atomic E-state index is -0.382. The standard InChI is InChI=1S/C21H25FN4O3/c1-15-3-6-17(7-4-15)20(27)23-24-21(28)26-11-9-25(10-12-26)14-16-5-8-19(29-2)18(22)13-16/h3-8,13H,9-12,14H2,1-2H3,(H,23,27)(H,24,28). The average molecular weight is 400 g/mol. The van der Waals surface area contributed by atoms with Gasteiger partial charge < -0.3 is 9.64 Å². The highest BCUT2D eigenvalue weighted by Crippen LogP contribution is 2.19. The van der Waals surface area contributed by atoms with Crippen LogP contribution in [-0.2, 0) is 6.54 Å². The van der Waals surface area contributed by atoms with Gasteiger partial charge in [0.25, 0.3) is 5.91 Å². The first kappa shape index (κ1) is 20.6. The molecule has 3 amide bonds. The number of hydrazine groups is 1. The fraction of sp³-hybridized carbons (Fsp3) is 0.333. The Hall–Kier alpha value is -3.13. The van der Waals surface area contributed by atoms with Crippen LogP contribution in [0, 0.1) is 12.7 Å². The van der Waals surface area contributed by atoms with Crippen molar-refractivity contribution in [3.05, 3.63) is 65.0 Å². The number of rotatable bonds is 4. The minimum Gasteiger partial charge on any atom is -0.494 e. The summed E-state index contributed by atoms with van der Waals surface area (Å²) < 4.78 is 18.8. The SMILES string of the molecule is COc1ccc(CN2CCN(C(=O)NNC(=O)c3ccc(C)cc3)CC2)cc1F. The first-order chi connectivity index (χ1) is 14.0. The maximum absolute atomic E-state index is 13.8. The second kappa shape index (κ2) is 9.38. The maximum atomic E-state index is 13.8. The molecule has 0 spiro atoms. The highest BCUT2D eigenvalue weighted by Gasteiger charge is 2.21. The highest BCUT2D eigenvalue weighted by atomic mass is 19.1. The number of ether oxygens (including phenoxy) is 1. The molecule has 7 nitrogen and oxygen atoms in total. The molecule has 1 fully saturated rings. The van der Waals surface area contributed by atoms with Crippen molar-refractivity contribution in [2.45, 2.75) is 13.5 Å². The molecule has 1 aliphatic heterocycles. The Morgan fingerprint density at radius 3 is 2.34 bits per heavy atom. The Labute approximate surface area is 169 Å². The van der Waals surface area contributed by atoms with Crippen LogP contribution in [0.1, 0.15) is 21.5 Å². The number of hydrogen-bond donors (Lipinski definition) is 2. The first-order valence-corrected chi connectivity index (χ1v) is 9.43. The molecular formula is C21H25FN4O3. The number of aryl methyl sites for hydroxylation is 1. The van der Waals surface area contributed by atoms with Crippen LogP contribution in [0.15, 0.2) is 42.5 Å². The minimum absolute atomic E-state index is 0.225. The summed E-state index contributed by atoms with van der Waals surface area (Å²) in [4.78, 5) is 28.2. The van der Waals surface area contributed by atoms with E-state index < -0.39 is 0 Å². The number of methoxy groups -OCH3 is 1. The van der Waals surface area contributed by atoms with Crippen LogP contribution in [0.5, 0.6) is 5.75 Å². The van der Waals surface area contributed by atoms with E-state index in [-0.39, 0.29) is 23.5 Å². The Morgan fingerprint density at radius 2 is 1.72 bits per heavy atom. The second-order valence-corrected chi connectivity index (χ2v) is 6.98. The number of halogens is 1. The molecule has 0 unspecified atom stereocenters. The highest BCUT2D eigenvalue weighted by molar-refractivity contribution is 5.95. The average Bonchev–Trinajstić information content (AvgIpc) is 2.73. The first-order valence-electron chi connectivity index (χ1n) is 9.43. The zero-order valence-corrected chi connectivity index (χ0v) is 16.6. The molecule has 1 aliphatic rings. The Bertz CT molecular complexity index is 865. The number of benzene rings is 2. The van der Waals surface area contributed by atoms with Crippen molar-refractivity contribution in [2.24, 2.45) is 0 Å². The molecule has 0 radical (unpaired) electrons. The quantitative estimate of drug-likeness (QED) is 0.773. The van der Waals surface area contributed by atoms with Crippen molar-refractivity contribution >= 4 is 11.9 Å². The molecule has 0 saturated carbocycles. The fourth-order valence-electron chi connectivity index (χ4n) is 3.14. The molecule has 2 aromatic carbocycles. The van der Waals surface area contributed by atoms with Crippen LogP contribution < -0.4 is 15.6 Å². The lowest BCUT2D eigenvalue weighted by Gasteiger charge is -2.34. The van der Waals surface area contributed by atoms with Crippen molar-refractivity contribution in [3.63, 3.8) is 0 Å². The third kappa shape index (κ3) is 5.45. The van der Waals surface area contributed by atoms with Gasteiger partial charge in [-0.1, -0.05) is 23.8 Å². The fourth-order valence-corrected chi connectivity index (χ4v) is 3.14. The third-order valence-electron chi connectivity index (χ3n) is 4.88. The van der Waals surface area contributed by atoms with Gasteiger partial charge >= 0.3 is 6.03 Å². The number of amides is 3. The van der Waals surface area contributed by atoms with Crippen LogP contribution in [0.2, 0.25) is 0 Å². The Balaban J connectivity index is 1.44. The molecule has 0 aliphatic carbocycles. The number of nitrogens with zero attached hydrogens (tertiary/aromatic N) is 2. The summed E-state index contributed by atoms with van der Waals surface area (Å²) in [6.45, 7) is 4.89. The van der Waals surface area contributed by atoms with Gasteiger partial charge in [0.2, 0.25) is 0 Å². The molecule has 1 heterocycles. The molecular weight excluding hydrogens is 375 g/mol. The molecule has 2 N–H and O–H groups in total. The van der Waals surface area contributed by atoms with E-state index in [0.717, 1.165) is 11.1 Å². The lowest BCUT2D eigenvalue weighted by Crippen LogP contribution is -2.55. The van der Waals surface area contributed by atoms with Crippen molar-refractivity contribution in [1.82, 2.24) is 20.7 Å². The summed E-state index contributed by atoms with van der Waals surface area (Å²) in [6, 6.07) is 11.7. The molecule has 3 rings (SSSR count). The molecule has 0 atom stereocenters. The van der Waals surface area contributed by atoms with Gasteiger partial charge in [0.05, 0.1) is 7.11 Å². The number of piperazine rings is 1. The smallest absolute Gasteiger partial charge is 0.336 e. The molecule has 154 valence electrons. The number of hydrogen-bond acceptors (Lipinski definition) is 4. The van der Waals surface area contributed by atoms with Crippen molar-refractivity contribution in [1.29, 1.82) is 0 Å². The molecule has 2 aromatic rings. The van der Waals surface area contributed by atoms with Gasteiger partial charge in [-0.3, -0.25) is 15.1 Å². The summed E-state index contributed by atoms with van der Waals surface area (Å²) in [5.41, 5.74) is 7.28. The van der Waals surface area contributed by atoms with Gasteiger partial charge in [0.15, 0.2) is 11.6 Å². The molecule has 1 saturated heterocycles. The number of carbonyl (C=O) groups is 2. The number of nitrogens with one attached hydrogen (secondary N) is 2. The maximum Gasteiger partial charge on any atom is 0.336 e. The monoisotopic (exact) mass is 400 g/mol. The molecule has 0 aromatic heterocycles. The van der Waals surface area contributed by atoms with Crippen molar-refractivity contribution in [3.8, 4) is 5.75 Å². The van der Waals surface area contributed by atoms with E-state index in [0.29, 0.717) is 38.3 Å². The Morgan fingerprint density at radius 1 is 1.03 bits per heavy atom. The van der Waals surface area contributed by atoms with Gasteiger partial charge in [0.1, 0.15) is 0 Å². The number of urea groups is 1. The predicted octanol–water partition coefficient (Wildman–Crippen LogP) is 2.31. The summed E-state index contributed by atoms with van der Waals surface area (Å²) in [7, 11) is 1.44. The molecule has 29 heavy (non-hydrogen) atoms. The van der Waals surface area contributed by atoms with E-state index in [4.69, 9.17) is 4.74 Å². The molecule has 0 bridgehead atoms. The third-order valence-corrected chi connectivity index (χ3v) is 4.88. The number of carbonyl (C=O) groups excluding carboxylic acids is 2. The van der Waals surface area contributed by atoms with Gasteiger partial charge in [-0.25, -0.2) is 14.6 Å². The Kier molecular flexibility index (Phi) is 6.66. The van der Waals surface area contributed by atoms with Crippen molar-refractivity contribution in [2.75, 3.05) is 33.3 Å². The summed E-state index contributed by atoms with van der Waals surface area (Å²) in [5, 5.41) is 0. The van der Waals surface area contributed by atoms with Crippen molar-refractivity contribution < 1.29 is 18.7 Å². The normalized spacial score (nSPS) is 14.4. The second-order valence-electron chi connectivity index (χ2n) is 6.98.